The fourth-order valence-electron chi connectivity index (χ4n) is 2.29. The Morgan fingerprint density at radius 3 is 2.62 bits per heavy atom. The van der Waals surface area contributed by atoms with Gasteiger partial charge < -0.3 is 9.42 Å². The Kier molecular flexibility index (Phi) is 6.30. The number of hydrogen-bond donors (Lipinski definition) is 0. The minimum absolute atomic E-state index is 0.0333. The number of rotatable bonds is 7. The summed E-state index contributed by atoms with van der Waals surface area (Å²) in [6.45, 7) is 0.296. The van der Waals surface area contributed by atoms with Crippen molar-refractivity contribution >= 4 is 29.3 Å². The van der Waals surface area contributed by atoms with Crippen molar-refractivity contribution in [2.75, 3.05) is 12.8 Å². The van der Waals surface area contributed by atoms with E-state index >= 15 is 0 Å². The number of carbonyl (C=O) groups is 1. The van der Waals surface area contributed by atoms with Crippen LogP contribution in [0.1, 0.15) is 12.3 Å². The molecule has 0 saturated carbocycles. The molecule has 26 heavy (non-hydrogen) atoms. The SMILES string of the molecule is CN(Cc1nc(-c2ccccc2)no1)C(=O)CCSc1ccc(Cl)cc1. The van der Waals surface area contributed by atoms with Crippen LogP contribution in [0.5, 0.6) is 0 Å². The molecule has 1 amide bonds. The zero-order chi connectivity index (χ0) is 18.4. The van der Waals surface area contributed by atoms with Gasteiger partial charge in [-0.05, 0) is 24.3 Å². The molecular weight excluding hydrogens is 370 g/mol. The number of amides is 1. The summed E-state index contributed by atoms with van der Waals surface area (Å²) in [5, 5.41) is 4.68. The van der Waals surface area contributed by atoms with Crippen molar-refractivity contribution in [1.29, 1.82) is 0 Å². The Labute approximate surface area is 161 Å². The third-order valence-corrected chi connectivity index (χ3v) is 4.96. The fraction of sp³-hybridized carbons (Fsp3) is 0.211. The summed E-state index contributed by atoms with van der Waals surface area (Å²) < 4.78 is 5.25. The lowest BCUT2D eigenvalue weighted by molar-refractivity contribution is -0.130. The van der Waals surface area contributed by atoms with Gasteiger partial charge in [-0.25, -0.2) is 0 Å². The summed E-state index contributed by atoms with van der Waals surface area (Å²) in [5.74, 6) is 1.68. The van der Waals surface area contributed by atoms with Gasteiger partial charge >= 0.3 is 0 Å². The number of benzene rings is 2. The summed E-state index contributed by atoms with van der Waals surface area (Å²) in [4.78, 5) is 19.3. The number of nitrogens with zero attached hydrogens (tertiary/aromatic N) is 3. The second-order valence-electron chi connectivity index (χ2n) is 5.68. The lowest BCUT2D eigenvalue weighted by Crippen LogP contribution is -2.26. The number of hydrogen-bond acceptors (Lipinski definition) is 5. The molecule has 0 spiro atoms. The average molecular weight is 388 g/mol. The van der Waals surface area contributed by atoms with Crippen LogP contribution in [0.15, 0.2) is 64.0 Å². The van der Waals surface area contributed by atoms with E-state index in [0.717, 1.165) is 10.5 Å². The Balaban J connectivity index is 1.48. The maximum atomic E-state index is 12.3. The maximum absolute atomic E-state index is 12.3. The van der Waals surface area contributed by atoms with Gasteiger partial charge in [-0.2, -0.15) is 4.98 Å². The highest BCUT2D eigenvalue weighted by molar-refractivity contribution is 7.99. The van der Waals surface area contributed by atoms with E-state index in [4.69, 9.17) is 16.1 Å². The van der Waals surface area contributed by atoms with Crippen LogP contribution in [0.2, 0.25) is 5.02 Å². The average Bonchev–Trinajstić information content (AvgIpc) is 3.12. The van der Waals surface area contributed by atoms with Gasteiger partial charge in [0.1, 0.15) is 0 Å². The molecule has 0 aliphatic rings. The van der Waals surface area contributed by atoms with Crippen LogP contribution in [0.3, 0.4) is 0 Å². The largest absolute Gasteiger partial charge is 0.337 e. The summed E-state index contributed by atoms with van der Waals surface area (Å²) in [5.41, 5.74) is 0.885. The summed E-state index contributed by atoms with van der Waals surface area (Å²) >= 11 is 7.49. The molecule has 1 heterocycles. The van der Waals surface area contributed by atoms with Gasteiger partial charge in [0.2, 0.25) is 17.6 Å². The first-order chi connectivity index (χ1) is 12.6. The fourth-order valence-corrected chi connectivity index (χ4v) is 3.26. The van der Waals surface area contributed by atoms with E-state index in [1.807, 2.05) is 54.6 Å². The molecule has 5 nitrogen and oxygen atoms in total. The van der Waals surface area contributed by atoms with Gasteiger partial charge in [0.15, 0.2) is 0 Å². The zero-order valence-electron chi connectivity index (χ0n) is 14.3. The highest BCUT2D eigenvalue weighted by atomic mass is 35.5. The molecule has 0 aliphatic heterocycles. The van der Waals surface area contributed by atoms with E-state index < -0.39 is 0 Å². The first kappa shape index (κ1) is 18.5. The van der Waals surface area contributed by atoms with Crippen molar-refractivity contribution in [2.24, 2.45) is 0 Å². The molecule has 0 radical (unpaired) electrons. The number of carbonyl (C=O) groups excluding carboxylic acids is 1. The van der Waals surface area contributed by atoms with Gasteiger partial charge in [0, 0.05) is 34.7 Å². The lowest BCUT2D eigenvalue weighted by Gasteiger charge is -2.14. The summed E-state index contributed by atoms with van der Waals surface area (Å²) in [6.07, 6.45) is 0.434. The molecule has 0 saturated heterocycles. The van der Waals surface area contributed by atoms with E-state index in [-0.39, 0.29) is 5.91 Å². The Bertz CT molecular complexity index is 853. The van der Waals surface area contributed by atoms with E-state index in [1.165, 1.54) is 0 Å². The van der Waals surface area contributed by atoms with Crippen molar-refractivity contribution in [1.82, 2.24) is 15.0 Å². The third-order valence-electron chi connectivity index (χ3n) is 3.70. The standard InChI is InChI=1S/C19H18ClN3O2S/c1-23(18(24)11-12-26-16-9-7-15(20)8-10-16)13-17-21-19(22-25-17)14-5-3-2-4-6-14/h2-10H,11-13H2,1H3. The topological polar surface area (TPSA) is 59.2 Å². The quantitative estimate of drug-likeness (QED) is 0.557. The van der Waals surface area contributed by atoms with E-state index in [0.29, 0.717) is 35.5 Å². The van der Waals surface area contributed by atoms with E-state index in [2.05, 4.69) is 10.1 Å². The molecule has 0 fully saturated rings. The van der Waals surface area contributed by atoms with Gasteiger partial charge in [-0.15, -0.1) is 11.8 Å². The minimum Gasteiger partial charge on any atom is -0.337 e. The second kappa shape index (κ2) is 8.87. The molecule has 2 aromatic carbocycles. The second-order valence-corrected chi connectivity index (χ2v) is 7.28. The third kappa shape index (κ3) is 5.09. The van der Waals surface area contributed by atoms with Crippen LogP contribution in [-0.2, 0) is 11.3 Å². The van der Waals surface area contributed by atoms with Crippen LogP contribution in [0.4, 0.5) is 0 Å². The summed E-state index contributed by atoms with van der Waals surface area (Å²) in [6, 6.07) is 17.2. The Hall–Kier alpha value is -2.31. The first-order valence-corrected chi connectivity index (χ1v) is 9.48. The molecule has 7 heteroatoms. The molecule has 3 aromatic rings. The maximum Gasteiger partial charge on any atom is 0.246 e. The molecule has 134 valence electrons. The Morgan fingerprint density at radius 1 is 1.15 bits per heavy atom. The molecule has 0 unspecified atom stereocenters. The molecule has 3 rings (SSSR count). The van der Waals surface area contributed by atoms with Crippen LogP contribution >= 0.6 is 23.4 Å². The zero-order valence-corrected chi connectivity index (χ0v) is 15.8. The van der Waals surface area contributed by atoms with Crippen molar-refractivity contribution in [2.45, 2.75) is 17.9 Å². The molecule has 0 aliphatic carbocycles. The number of thioether (sulfide) groups is 1. The van der Waals surface area contributed by atoms with Crippen molar-refractivity contribution in [3.8, 4) is 11.4 Å². The van der Waals surface area contributed by atoms with Crippen LogP contribution in [0, 0.1) is 0 Å². The van der Waals surface area contributed by atoms with E-state index in [9.17, 15) is 4.79 Å². The molecule has 0 atom stereocenters. The lowest BCUT2D eigenvalue weighted by atomic mass is 10.2. The highest BCUT2D eigenvalue weighted by Crippen LogP contribution is 2.21. The molecular formula is C19H18ClN3O2S. The van der Waals surface area contributed by atoms with Crippen molar-refractivity contribution < 1.29 is 9.32 Å². The smallest absolute Gasteiger partial charge is 0.246 e. The van der Waals surface area contributed by atoms with Crippen molar-refractivity contribution in [3.63, 3.8) is 0 Å². The van der Waals surface area contributed by atoms with Gasteiger partial charge in [-0.1, -0.05) is 47.1 Å². The first-order valence-electron chi connectivity index (χ1n) is 8.12. The van der Waals surface area contributed by atoms with Crippen molar-refractivity contribution in [3.05, 3.63) is 65.5 Å². The van der Waals surface area contributed by atoms with Gasteiger partial charge in [0.25, 0.3) is 0 Å². The Morgan fingerprint density at radius 2 is 1.88 bits per heavy atom. The molecule has 1 aromatic heterocycles. The minimum atomic E-state index is 0.0333. The number of aromatic nitrogens is 2. The monoisotopic (exact) mass is 387 g/mol. The van der Waals surface area contributed by atoms with Crippen LogP contribution in [0.25, 0.3) is 11.4 Å². The highest BCUT2D eigenvalue weighted by Gasteiger charge is 2.14. The summed E-state index contributed by atoms with van der Waals surface area (Å²) in [7, 11) is 1.74. The normalized spacial score (nSPS) is 10.7. The predicted octanol–water partition coefficient (Wildman–Crippen LogP) is 4.53. The molecule has 0 N–H and O–H groups in total. The van der Waals surface area contributed by atoms with Crippen LogP contribution in [-0.4, -0.2) is 33.7 Å². The van der Waals surface area contributed by atoms with Gasteiger partial charge in [0.05, 0.1) is 6.54 Å². The van der Waals surface area contributed by atoms with Gasteiger partial charge in [-0.3, -0.25) is 4.79 Å². The number of halogens is 1. The predicted molar refractivity (Wildman–Crippen MR) is 103 cm³/mol. The molecule has 0 bridgehead atoms. The van der Waals surface area contributed by atoms with Crippen LogP contribution < -0.4 is 0 Å². The van der Waals surface area contributed by atoms with E-state index in [1.54, 1.807) is 23.7 Å².